The minimum atomic E-state index is -3.39. The minimum Gasteiger partial charge on any atom is -0.325 e. The molecule has 2 aromatic carbocycles. The van der Waals surface area contributed by atoms with Crippen LogP contribution in [-0.4, -0.2) is 25.8 Å². The van der Waals surface area contributed by atoms with Crippen molar-refractivity contribution in [3.05, 3.63) is 40.9 Å². The minimum absolute atomic E-state index is 0.524. The number of hydrogen-bond donors (Lipinski definition) is 1. The van der Waals surface area contributed by atoms with Gasteiger partial charge in [0.25, 0.3) is 0 Å². The van der Waals surface area contributed by atoms with Crippen molar-refractivity contribution in [2.75, 3.05) is 11.6 Å². The van der Waals surface area contributed by atoms with E-state index in [1.165, 1.54) is 6.92 Å². The number of hydrogen-bond acceptors (Lipinski definition) is 3. The van der Waals surface area contributed by atoms with Gasteiger partial charge in [0.1, 0.15) is 5.25 Å². The van der Waals surface area contributed by atoms with Crippen molar-refractivity contribution in [3.63, 3.8) is 0 Å². The number of halogens is 1. The number of carbonyl (C=O) groups is 1. The largest absolute Gasteiger partial charge is 0.325 e. The molecule has 6 heteroatoms. The molecule has 0 fully saturated rings. The zero-order valence-corrected chi connectivity index (χ0v) is 13.5. The van der Waals surface area contributed by atoms with Gasteiger partial charge in [-0.15, -0.1) is 0 Å². The highest BCUT2D eigenvalue weighted by atomic mass is 79.9. The number of benzene rings is 2. The van der Waals surface area contributed by atoms with E-state index in [9.17, 15) is 13.2 Å². The fourth-order valence-electron chi connectivity index (χ4n) is 1.73. The first-order chi connectivity index (χ1) is 9.27. The molecule has 1 atom stereocenters. The molecule has 0 saturated carbocycles. The summed E-state index contributed by atoms with van der Waals surface area (Å²) in [4.78, 5) is 11.9. The van der Waals surface area contributed by atoms with Gasteiger partial charge in [-0.2, -0.15) is 0 Å². The summed E-state index contributed by atoms with van der Waals surface area (Å²) in [6.07, 6.45) is 1.05. The Morgan fingerprint density at radius 2 is 1.75 bits per heavy atom. The van der Waals surface area contributed by atoms with E-state index in [4.69, 9.17) is 0 Å². The summed E-state index contributed by atoms with van der Waals surface area (Å²) < 4.78 is 23.7. The van der Waals surface area contributed by atoms with Crippen molar-refractivity contribution < 1.29 is 13.2 Å². The first kappa shape index (κ1) is 15.0. The van der Waals surface area contributed by atoms with Crippen molar-refractivity contribution in [1.82, 2.24) is 0 Å². The first-order valence-electron chi connectivity index (χ1n) is 5.96. The normalized spacial score (nSPS) is 13.2. The molecule has 106 valence electrons. The van der Waals surface area contributed by atoms with Crippen LogP contribution in [0.1, 0.15) is 6.92 Å². The van der Waals surface area contributed by atoms with Crippen LogP contribution in [0.15, 0.2) is 40.9 Å². The summed E-state index contributed by atoms with van der Waals surface area (Å²) in [7, 11) is -3.39. The van der Waals surface area contributed by atoms with Crippen LogP contribution >= 0.6 is 15.9 Å². The van der Waals surface area contributed by atoms with Gasteiger partial charge in [-0.05, 0) is 42.0 Å². The monoisotopic (exact) mass is 355 g/mol. The Bertz CT molecular complexity index is 771. The molecule has 0 saturated heterocycles. The van der Waals surface area contributed by atoms with E-state index < -0.39 is 21.0 Å². The lowest BCUT2D eigenvalue weighted by Gasteiger charge is -2.11. The smallest absolute Gasteiger partial charge is 0.242 e. The number of carbonyl (C=O) groups excluding carboxylic acids is 1. The van der Waals surface area contributed by atoms with Gasteiger partial charge < -0.3 is 5.32 Å². The van der Waals surface area contributed by atoms with Crippen LogP contribution in [-0.2, 0) is 14.6 Å². The van der Waals surface area contributed by atoms with Gasteiger partial charge in [-0.1, -0.05) is 28.1 Å². The molecule has 1 unspecified atom stereocenters. The van der Waals surface area contributed by atoms with Crippen LogP contribution in [0, 0.1) is 0 Å². The number of nitrogens with one attached hydrogen (secondary N) is 1. The molecule has 0 aliphatic carbocycles. The maximum absolute atomic E-state index is 11.9. The molecular weight excluding hydrogens is 342 g/mol. The Labute approximate surface area is 126 Å². The molecule has 0 bridgehead atoms. The average molecular weight is 356 g/mol. The van der Waals surface area contributed by atoms with Crippen molar-refractivity contribution >= 4 is 48.1 Å². The third-order valence-corrected chi connectivity index (χ3v) is 5.07. The SMILES string of the molecule is CC(C(=O)Nc1ccc2cc(Br)ccc2c1)S(C)(=O)=O. The Balaban J connectivity index is 2.26. The molecule has 0 spiro atoms. The number of amides is 1. The summed E-state index contributed by atoms with van der Waals surface area (Å²) >= 11 is 3.40. The van der Waals surface area contributed by atoms with Gasteiger partial charge in [0.2, 0.25) is 5.91 Å². The lowest BCUT2D eigenvalue weighted by atomic mass is 10.1. The van der Waals surface area contributed by atoms with Gasteiger partial charge in [0.15, 0.2) is 9.84 Å². The standard InChI is InChI=1S/C14H14BrNO3S/c1-9(20(2,18)19)14(17)16-13-6-4-10-7-12(15)5-3-11(10)8-13/h3-9H,1-2H3,(H,16,17). The van der Waals surface area contributed by atoms with E-state index in [0.717, 1.165) is 21.5 Å². The molecule has 0 heterocycles. The number of fused-ring (bicyclic) bond motifs is 1. The summed E-state index contributed by atoms with van der Waals surface area (Å²) in [5.41, 5.74) is 0.584. The molecule has 0 aromatic heterocycles. The number of sulfone groups is 1. The van der Waals surface area contributed by atoms with Crippen LogP contribution in [0.5, 0.6) is 0 Å². The van der Waals surface area contributed by atoms with E-state index >= 15 is 0 Å². The third kappa shape index (κ3) is 3.37. The molecule has 0 radical (unpaired) electrons. The second-order valence-corrected chi connectivity index (χ2v) is 7.95. The second-order valence-electron chi connectivity index (χ2n) is 4.67. The molecule has 0 aliphatic rings. The fraction of sp³-hybridized carbons (Fsp3) is 0.214. The lowest BCUT2D eigenvalue weighted by molar-refractivity contribution is -0.115. The average Bonchev–Trinajstić information content (AvgIpc) is 2.37. The quantitative estimate of drug-likeness (QED) is 0.920. The maximum Gasteiger partial charge on any atom is 0.242 e. The van der Waals surface area contributed by atoms with E-state index in [0.29, 0.717) is 5.69 Å². The fourth-order valence-corrected chi connectivity index (χ4v) is 2.56. The first-order valence-corrected chi connectivity index (χ1v) is 8.71. The predicted molar refractivity (Wildman–Crippen MR) is 84.6 cm³/mol. The van der Waals surface area contributed by atoms with E-state index in [1.807, 2.05) is 30.3 Å². The number of anilines is 1. The van der Waals surface area contributed by atoms with E-state index in [2.05, 4.69) is 21.2 Å². The third-order valence-electron chi connectivity index (χ3n) is 3.08. The molecule has 2 rings (SSSR count). The second kappa shape index (κ2) is 5.54. The molecule has 1 N–H and O–H groups in total. The van der Waals surface area contributed by atoms with Gasteiger partial charge >= 0.3 is 0 Å². The molecule has 4 nitrogen and oxygen atoms in total. The van der Waals surface area contributed by atoms with Crippen molar-refractivity contribution in [2.24, 2.45) is 0 Å². The van der Waals surface area contributed by atoms with Gasteiger partial charge in [-0.3, -0.25) is 4.79 Å². The molecular formula is C14H14BrNO3S. The summed E-state index contributed by atoms with van der Waals surface area (Å²) in [6.45, 7) is 1.38. The van der Waals surface area contributed by atoms with Crippen LogP contribution in [0.3, 0.4) is 0 Å². The Kier molecular flexibility index (Phi) is 4.15. The van der Waals surface area contributed by atoms with Crippen molar-refractivity contribution in [3.8, 4) is 0 Å². The van der Waals surface area contributed by atoms with E-state index in [-0.39, 0.29) is 0 Å². The maximum atomic E-state index is 11.9. The zero-order valence-electron chi connectivity index (χ0n) is 11.1. The summed E-state index contributed by atoms with van der Waals surface area (Å²) in [5.74, 6) is -0.524. The molecule has 2 aromatic rings. The molecule has 0 aliphatic heterocycles. The van der Waals surface area contributed by atoms with Crippen LogP contribution in [0.4, 0.5) is 5.69 Å². The lowest BCUT2D eigenvalue weighted by Crippen LogP contribution is -2.31. The van der Waals surface area contributed by atoms with Crippen molar-refractivity contribution in [2.45, 2.75) is 12.2 Å². The highest BCUT2D eigenvalue weighted by molar-refractivity contribution is 9.10. The molecule has 1 amide bonds. The van der Waals surface area contributed by atoms with Gasteiger partial charge in [-0.25, -0.2) is 8.42 Å². The highest BCUT2D eigenvalue weighted by Gasteiger charge is 2.23. The van der Waals surface area contributed by atoms with Gasteiger partial charge in [0, 0.05) is 16.4 Å². The van der Waals surface area contributed by atoms with Crippen molar-refractivity contribution in [1.29, 1.82) is 0 Å². The molecule has 20 heavy (non-hydrogen) atoms. The highest BCUT2D eigenvalue weighted by Crippen LogP contribution is 2.23. The Hall–Kier alpha value is -1.40. The zero-order chi connectivity index (χ0) is 14.9. The topological polar surface area (TPSA) is 63.2 Å². The van der Waals surface area contributed by atoms with Crippen LogP contribution in [0.2, 0.25) is 0 Å². The van der Waals surface area contributed by atoms with Crippen LogP contribution in [0.25, 0.3) is 10.8 Å². The summed E-state index contributed by atoms with van der Waals surface area (Å²) in [6, 6.07) is 11.2. The predicted octanol–water partition coefficient (Wildman–Crippen LogP) is 2.97. The van der Waals surface area contributed by atoms with Gasteiger partial charge in [0.05, 0.1) is 0 Å². The Morgan fingerprint density at radius 1 is 1.15 bits per heavy atom. The Morgan fingerprint density at radius 3 is 2.40 bits per heavy atom. The van der Waals surface area contributed by atoms with E-state index in [1.54, 1.807) is 6.07 Å². The number of rotatable bonds is 3. The summed E-state index contributed by atoms with van der Waals surface area (Å²) in [5, 5.41) is 3.56. The van der Waals surface area contributed by atoms with Crippen LogP contribution < -0.4 is 5.32 Å².